The second kappa shape index (κ2) is 5.00. The number of amides is 2. The average Bonchev–Trinajstić information content (AvgIpc) is 1.98. The fourth-order valence-corrected chi connectivity index (χ4v) is 0.933. The van der Waals surface area contributed by atoms with E-state index in [4.69, 9.17) is 4.74 Å². The molecule has 2 amide bonds. The number of hydrogen-bond acceptors (Lipinski definition) is 3. The van der Waals surface area contributed by atoms with Gasteiger partial charge >= 0.3 is 6.09 Å². The van der Waals surface area contributed by atoms with Gasteiger partial charge in [0.1, 0.15) is 11.6 Å². The van der Waals surface area contributed by atoms with Gasteiger partial charge in [-0.2, -0.15) is 0 Å². The molecule has 0 aromatic rings. The molecule has 0 rings (SSSR count). The Bertz CT molecular complexity index is 244. The number of carbonyl (C=O) groups is 2. The van der Waals surface area contributed by atoms with Crippen molar-refractivity contribution in [1.82, 2.24) is 10.2 Å². The average molecular weight is 216 g/mol. The molecular weight excluding hydrogens is 196 g/mol. The highest BCUT2D eigenvalue weighted by molar-refractivity contribution is 5.84. The van der Waals surface area contributed by atoms with Crippen molar-refractivity contribution in [2.75, 3.05) is 14.1 Å². The van der Waals surface area contributed by atoms with E-state index >= 15 is 0 Å². The summed E-state index contributed by atoms with van der Waals surface area (Å²) in [6.07, 6.45) is -0.579. The third kappa shape index (κ3) is 5.93. The first-order valence-electron chi connectivity index (χ1n) is 4.84. The van der Waals surface area contributed by atoms with Crippen LogP contribution in [0.15, 0.2) is 0 Å². The Balaban J connectivity index is 4.14. The monoisotopic (exact) mass is 216 g/mol. The van der Waals surface area contributed by atoms with Crippen LogP contribution >= 0.6 is 0 Å². The molecule has 0 fully saturated rings. The van der Waals surface area contributed by atoms with Crippen LogP contribution in [0.2, 0.25) is 0 Å². The van der Waals surface area contributed by atoms with Crippen LogP contribution in [0.4, 0.5) is 4.79 Å². The molecule has 0 saturated carbocycles. The largest absolute Gasteiger partial charge is 0.444 e. The molecule has 15 heavy (non-hydrogen) atoms. The quantitative estimate of drug-likeness (QED) is 0.748. The second-order valence-corrected chi connectivity index (χ2v) is 4.60. The van der Waals surface area contributed by atoms with Crippen molar-refractivity contribution in [1.29, 1.82) is 0 Å². The maximum absolute atomic E-state index is 11.4. The van der Waals surface area contributed by atoms with Gasteiger partial charge in [0, 0.05) is 14.1 Å². The minimum atomic E-state index is -0.579. The van der Waals surface area contributed by atoms with Crippen molar-refractivity contribution >= 4 is 12.0 Å². The lowest BCUT2D eigenvalue weighted by molar-refractivity contribution is -0.130. The second-order valence-electron chi connectivity index (χ2n) is 4.60. The van der Waals surface area contributed by atoms with E-state index in [1.807, 2.05) is 0 Å². The van der Waals surface area contributed by atoms with Gasteiger partial charge in [0.25, 0.3) is 0 Å². The third-order valence-electron chi connectivity index (χ3n) is 1.54. The van der Waals surface area contributed by atoms with Gasteiger partial charge < -0.3 is 15.0 Å². The lowest BCUT2D eigenvalue weighted by atomic mass is 10.2. The number of hydrogen-bond donors (Lipinski definition) is 1. The topological polar surface area (TPSA) is 58.6 Å². The first-order chi connectivity index (χ1) is 6.63. The van der Waals surface area contributed by atoms with Gasteiger partial charge in [-0.25, -0.2) is 4.79 Å². The summed E-state index contributed by atoms with van der Waals surface area (Å²) in [6, 6.07) is -0.574. The van der Waals surface area contributed by atoms with E-state index in [2.05, 4.69) is 5.32 Å². The van der Waals surface area contributed by atoms with Gasteiger partial charge in [0.2, 0.25) is 5.91 Å². The predicted molar refractivity (Wildman–Crippen MR) is 57.5 cm³/mol. The van der Waals surface area contributed by atoms with Crippen LogP contribution in [0.1, 0.15) is 27.7 Å². The lowest BCUT2D eigenvalue weighted by Gasteiger charge is -2.22. The number of ether oxygens (including phenoxy) is 1. The molecule has 0 aliphatic rings. The fourth-order valence-electron chi connectivity index (χ4n) is 0.933. The summed E-state index contributed by atoms with van der Waals surface area (Å²) in [4.78, 5) is 24.1. The van der Waals surface area contributed by atoms with Gasteiger partial charge in [0.05, 0.1) is 0 Å². The predicted octanol–water partition coefficient (Wildman–Crippen LogP) is 0.988. The summed E-state index contributed by atoms with van der Waals surface area (Å²) in [6.45, 7) is 6.92. The van der Waals surface area contributed by atoms with Gasteiger partial charge in [-0.15, -0.1) is 0 Å². The highest BCUT2D eigenvalue weighted by Gasteiger charge is 2.21. The molecule has 1 atom stereocenters. The van der Waals surface area contributed by atoms with E-state index in [0.29, 0.717) is 0 Å². The molecule has 1 unspecified atom stereocenters. The number of alkyl carbamates (subject to hydrolysis) is 1. The van der Waals surface area contributed by atoms with Gasteiger partial charge in [-0.1, -0.05) is 0 Å². The maximum atomic E-state index is 11.4. The van der Waals surface area contributed by atoms with Gasteiger partial charge in [-0.3, -0.25) is 4.79 Å². The van der Waals surface area contributed by atoms with E-state index < -0.39 is 17.7 Å². The third-order valence-corrected chi connectivity index (χ3v) is 1.54. The minimum absolute atomic E-state index is 0.166. The van der Waals surface area contributed by atoms with Crippen molar-refractivity contribution in [2.45, 2.75) is 39.3 Å². The number of likely N-dealkylation sites (N-methyl/N-ethyl adjacent to an activating group) is 1. The smallest absolute Gasteiger partial charge is 0.408 e. The van der Waals surface area contributed by atoms with Crippen LogP contribution < -0.4 is 5.32 Å². The first-order valence-corrected chi connectivity index (χ1v) is 4.84. The van der Waals surface area contributed by atoms with Crippen molar-refractivity contribution in [3.63, 3.8) is 0 Å². The molecule has 0 aromatic heterocycles. The standard InChI is InChI=1S/C10H20N2O3/c1-7(8(13)12(5)6)11-9(14)15-10(2,3)4/h7H,1-6H3,(H,11,14). The molecule has 0 radical (unpaired) electrons. The Labute approximate surface area is 90.8 Å². The van der Waals surface area contributed by atoms with Gasteiger partial charge in [-0.05, 0) is 27.7 Å². The Kier molecular flexibility index (Phi) is 4.58. The van der Waals surface area contributed by atoms with Crippen LogP contribution in [-0.2, 0) is 9.53 Å². The number of nitrogens with zero attached hydrogens (tertiary/aromatic N) is 1. The van der Waals surface area contributed by atoms with Crippen molar-refractivity contribution in [3.8, 4) is 0 Å². The minimum Gasteiger partial charge on any atom is -0.444 e. The summed E-state index contributed by atoms with van der Waals surface area (Å²) >= 11 is 0. The van der Waals surface area contributed by atoms with E-state index in [-0.39, 0.29) is 5.91 Å². The Morgan fingerprint density at radius 1 is 1.27 bits per heavy atom. The zero-order valence-corrected chi connectivity index (χ0v) is 10.2. The molecule has 5 nitrogen and oxygen atoms in total. The van der Waals surface area contributed by atoms with Crippen LogP contribution in [0.3, 0.4) is 0 Å². The SMILES string of the molecule is CC(NC(=O)OC(C)(C)C)C(=O)N(C)C. The molecule has 0 saturated heterocycles. The molecule has 0 aliphatic carbocycles. The highest BCUT2D eigenvalue weighted by atomic mass is 16.6. The molecule has 0 aliphatic heterocycles. The molecule has 0 aromatic carbocycles. The molecule has 0 bridgehead atoms. The van der Waals surface area contributed by atoms with E-state index in [0.717, 1.165) is 0 Å². The van der Waals surface area contributed by atoms with Crippen LogP contribution in [0.25, 0.3) is 0 Å². The Morgan fingerprint density at radius 2 is 1.73 bits per heavy atom. The number of rotatable bonds is 2. The van der Waals surface area contributed by atoms with Crippen molar-refractivity contribution in [3.05, 3.63) is 0 Å². The number of nitrogens with one attached hydrogen (secondary N) is 1. The summed E-state index contributed by atoms with van der Waals surface area (Å²) in [7, 11) is 3.27. The van der Waals surface area contributed by atoms with Crippen LogP contribution in [0, 0.1) is 0 Å². The molecule has 5 heteroatoms. The normalized spacial score (nSPS) is 12.9. The summed E-state index contributed by atoms with van der Waals surface area (Å²) < 4.78 is 5.02. The van der Waals surface area contributed by atoms with Crippen LogP contribution in [-0.4, -0.2) is 42.6 Å². The molecule has 0 spiro atoms. The number of carbonyl (C=O) groups excluding carboxylic acids is 2. The zero-order chi connectivity index (χ0) is 12.2. The molecular formula is C10H20N2O3. The fraction of sp³-hybridized carbons (Fsp3) is 0.800. The van der Waals surface area contributed by atoms with Crippen molar-refractivity contribution < 1.29 is 14.3 Å². The summed E-state index contributed by atoms with van der Waals surface area (Å²) in [5.41, 5.74) is -0.551. The maximum Gasteiger partial charge on any atom is 0.408 e. The highest BCUT2D eigenvalue weighted by Crippen LogP contribution is 2.06. The Hall–Kier alpha value is -1.26. The molecule has 88 valence electrons. The van der Waals surface area contributed by atoms with E-state index in [1.165, 1.54) is 4.90 Å². The lowest BCUT2D eigenvalue weighted by Crippen LogP contribution is -2.45. The zero-order valence-electron chi connectivity index (χ0n) is 10.2. The summed E-state index contributed by atoms with van der Waals surface area (Å²) in [5.74, 6) is -0.166. The molecule has 1 N–H and O–H groups in total. The summed E-state index contributed by atoms with van der Waals surface area (Å²) in [5, 5.41) is 2.47. The Morgan fingerprint density at radius 3 is 2.07 bits per heavy atom. The van der Waals surface area contributed by atoms with E-state index in [1.54, 1.807) is 41.8 Å². The molecule has 0 heterocycles. The van der Waals surface area contributed by atoms with Crippen LogP contribution in [0.5, 0.6) is 0 Å². The van der Waals surface area contributed by atoms with Crippen molar-refractivity contribution in [2.24, 2.45) is 0 Å². The van der Waals surface area contributed by atoms with Gasteiger partial charge in [0.15, 0.2) is 0 Å². The van der Waals surface area contributed by atoms with E-state index in [9.17, 15) is 9.59 Å². The first kappa shape index (κ1) is 13.7.